The third kappa shape index (κ3) is 5.15. The molecule has 1 aromatic carbocycles. The fourth-order valence-electron chi connectivity index (χ4n) is 3.27. The summed E-state index contributed by atoms with van der Waals surface area (Å²) >= 11 is 0. The van der Waals surface area contributed by atoms with Crippen molar-refractivity contribution in [2.24, 2.45) is 0 Å². The van der Waals surface area contributed by atoms with Crippen LogP contribution in [-0.2, 0) is 9.53 Å². The van der Waals surface area contributed by atoms with E-state index < -0.39 is 36.5 Å². The van der Waals surface area contributed by atoms with Crippen molar-refractivity contribution in [2.45, 2.75) is 55.6 Å². The van der Waals surface area contributed by atoms with Crippen molar-refractivity contribution in [3.05, 3.63) is 30.3 Å². The van der Waals surface area contributed by atoms with Crippen molar-refractivity contribution in [3.63, 3.8) is 0 Å². The van der Waals surface area contributed by atoms with E-state index in [-0.39, 0.29) is 25.5 Å². The molecule has 0 saturated carbocycles. The molecule has 1 unspecified atom stereocenters. The first-order chi connectivity index (χ1) is 12.4. The molecule has 8 heteroatoms. The Bertz CT molecular complexity index is 570. The number of ether oxygens (including phenoxy) is 1. The largest absolute Gasteiger partial charge is 0.481 e. The fraction of sp³-hybridized carbons (Fsp3) is 0.611. The molecule has 5 atom stereocenters. The van der Waals surface area contributed by atoms with Gasteiger partial charge in [-0.3, -0.25) is 4.79 Å². The predicted octanol–water partition coefficient (Wildman–Crippen LogP) is -0.0439. The topological polar surface area (TPSA) is 139 Å². The average molecular weight is 369 g/mol. The molecule has 0 aromatic heterocycles. The van der Waals surface area contributed by atoms with Crippen LogP contribution in [0.3, 0.4) is 0 Å². The lowest BCUT2D eigenvalue weighted by atomic mass is 9.79. The molecular weight excluding hydrogens is 342 g/mol. The van der Waals surface area contributed by atoms with E-state index in [1.54, 1.807) is 0 Å². The van der Waals surface area contributed by atoms with Crippen LogP contribution in [-0.4, -0.2) is 74.7 Å². The number of anilines is 1. The number of carboxylic acid groups (broad SMARTS) is 1. The fourth-order valence-corrected chi connectivity index (χ4v) is 3.27. The van der Waals surface area contributed by atoms with Gasteiger partial charge in [-0.05, 0) is 25.0 Å². The lowest BCUT2D eigenvalue weighted by Crippen LogP contribution is -2.65. The molecule has 1 fully saturated rings. The quantitative estimate of drug-likeness (QED) is 0.356. The number of aliphatic carboxylic acids is 1. The van der Waals surface area contributed by atoms with Crippen LogP contribution in [0.2, 0.25) is 0 Å². The SMILES string of the molecule is O=C(O)CCCC(C[C@@]1(O)[C@H](O)[C@@H](CO)OC[C@@H]1O)Nc1ccccc1. The molecule has 1 saturated heterocycles. The van der Waals surface area contributed by atoms with Crippen molar-refractivity contribution in [3.8, 4) is 0 Å². The zero-order valence-electron chi connectivity index (χ0n) is 14.5. The molecule has 0 aliphatic carbocycles. The second-order valence-electron chi connectivity index (χ2n) is 6.70. The first-order valence-corrected chi connectivity index (χ1v) is 8.71. The van der Waals surface area contributed by atoms with Gasteiger partial charge in [0, 0.05) is 24.6 Å². The third-order valence-corrected chi connectivity index (χ3v) is 4.75. The summed E-state index contributed by atoms with van der Waals surface area (Å²) < 4.78 is 5.15. The molecular formula is C18H27NO7. The molecule has 1 aromatic rings. The Morgan fingerprint density at radius 3 is 2.62 bits per heavy atom. The van der Waals surface area contributed by atoms with Gasteiger partial charge in [-0.25, -0.2) is 0 Å². The Hall–Kier alpha value is -1.71. The number of carbonyl (C=O) groups is 1. The molecule has 0 spiro atoms. The minimum absolute atomic E-state index is 0.0150. The van der Waals surface area contributed by atoms with Crippen molar-refractivity contribution in [2.75, 3.05) is 18.5 Å². The van der Waals surface area contributed by atoms with Gasteiger partial charge in [-0.1, -0.05) is 18.2 Å². The number of rotatable bonds is 9. The highest BCUT2D eigenvalue weighted by atomic mass is 16.5. The summed E-state index contributed by atoms with van der Waals surface area (Å²) in [6.45, 7) is -0.683. The molecule has 1 heterocycles. The van der Waals surface area contributed by atoms with Gasteiger partial charge in [-0.15, -0.1) is 0 Å². The number of nitrogens with one attached hydrogen (secondary N) is 1. The molecule has 0 bridgehead atoms. The average Bonchev–Trinajstić information content (AvgIpc) is 2.61. The minimum atomic E-state index is -1.87. The van der Waals surface area contributed by atoms with Crippen LogP contribution < -0.4 is 5.32 Å². The van der Waals surface area contributed by atoms with Crippen molar-refractivity contribution < 1.29 is 35.1 Å². The van der Waals surface area contributed by atoms with Crippen LogP contribution in [0.4, 0.5) is 5.69 Å². The highest BCUT2D eigenvalue weighted by Gasteiger charge is 2.51. The van der Waals surface area contributed by atoms with E-state index in [0.29, 0.717) is 12.8 Å². The summed E-state index contributed by atoms with van der Waals surface area (Å²) in [5.74, 6) is -0.909. The van der Waals surface area contributed by atoms with E-state index in [9.17, 15) is 25.2 Å². The first kappa shape index (κ1) is 20.6. The first-order valence-electron chi connectivity index (χ1n) is 8.71. The normalized spacial score (nSPS) is 29.9. The number of carboxylic acids is 1. The second kappa shape index (κ2) is 9.29. The Balaban J connectivity index is 2.13. The summed E-state index contributed by atoms with van der Waals surface area (Å²) in [7, 11) is 0. The molecule has 2 rings (SSSR count). The minimum Gasteiger partial charge on any atom is -0.481 e. The van der Waals surface area contributed by atoms with E-state index in [2.05, 4.69) is 5.32 Å². The molecule has 146 valence electrons. The number of aliphatic hydroxyl groups excluding tert-OH is 3. The zero-order chi connectivity index (χ0) is 19.2. The van der Waals surface area contributed by atoms with Gasteiger partial charge in [0.05, 0.1) is 13.2 Å². The standard InChI is InChI=1S/C18H27NO7/c20-10-14-17(24)18(25,15(21)11-26-14)9-13(7-4-8-16(22)23)19-12-5-2-1-3-6-12/h1-3,5-6,13-15,17,19-21,24-25H,4,7-11H2,(H,22,23)/t13?,14-,15+,17-,18+/m1/s1. The molecule has 6 N–H and O–H groups in total. The van der Waals surface area contributed by atoms with Gasteiger partial charge in [-0.2, -0.15) is 0 Å². The van der Waals surface area contributed by atoms with Crippen LogP contribution in [0.5, 0.6) is 0 Å². The van der Waals surface area contributed by atoms with Crippen molar-refractivity contribution >= 4 is 11.7 Å². The highest BCUT2D eigenvalue weighted by molar-refractivity contribution is 5.66. The number of aliphatic hydroxyl groups is 4. The van der Waals surface area contributed by atoms with Gasteiger partial charge in [0.2, 0.25) is 0 Å². The van der Waals surface area contributed by atoms with E-state index in [1.165, 1.54) is 0 Å². The van der Waals surface area contributed by atoms with Gasteiger partial charge in [0.15, 0.2) is 0 Å². The number of hydrogen-bond acceptors (Lipinski definition) is 7. The van der Waals surface area contributed by atoms with Crippen LogP contribution in [0.15, 0.2) is 30.3 Å². The maximum atomic E-state index is 10.9. The third-order valence-electron chi connectivity index (χ3n) is 4.75. The maximum Gasteiger partial charge on any atom is 0.303 e. The monoisotopic (exact) mass is 369 g/mol. The molecule has 0 amide bonds. The van der Waals surface area contributed by atoms with Gasteiger partial charge in [0.1, 0.15) is 23.9 Å². The van der Waals surface area contributed by atoms with Gasteiger partial charge >= 0.3 is 5.97 Å². The molecule has 26 heavy (non-hydrogen) atoms. The van der Waals surface area contributed by atoms with E-state index in [4.69, 9.17) is 9.84 Å². The van der Waals surface area contributed by atoms with E-state index >= 15 is 0 Å². The summed E-state index contributed by atoms with van der Waals surface area (Å²) in [6, 6.07) is 8.82. The Kier molecular flexibility index (Phi) is 7.36. The summed E-state index contributed by atoms with van der Waals surface area (Å²) in [4.78, 5) is 10.8. The lowest BCUT2D eigenvalue weighted by molar-refractivity contribution is -0.250. The lowest BCUT2D eigenvalue weighted by Gasteiger charge is -2.46. The van der Waals surface area contributed by atoms with Gasteiger partial charge in [0.25, 0.3) is 0 Å². The van der Waals surface area contributed by atoms with Gasteiger partial charge < -0.3 is 35.6 Å². The number of para-hydroxylation sites is 1. The smallest absolute Gasteiger partial charge is 0.303 e. The van der Waals surface area contributed by atoms with Crippen LogP contribution >= 0.6 is 0 Å². The van der Waals surface area contributed by atoms with Crippen LogP contribution in [0, 0.1) is 0 Å². The Labute approximate surface area is 152 Å². The molecule has 0 radical (unpaired) electrons. The summed E-state index contributed by atoms with van der Waals surface area (Å²) in [5, 5.41) is 52.9. The van der Waals surface area contributed by atoms with E-state index in [1.807, 2.05) is 30.3 Å². The number of hydrogen-bond donors (Lipinski definition) is 6. The Morgan fingerprint density at radius 2 is 2.00 bits per heavy atom. The zero-order valence-corrected chi connectivity index (χ0v) is 14.5. The van der Waals surface area contributed by atoms with Crippen LogP contribution in [0.25, 0.3) is 0 Å². The maximum absolute atomic E-state index is 10.9. The highest BCUT2D eigenvalue weighted by Crippen LogP contribution is 2.32. The molecule has 1 aliphatic rings. The number of benzene rings is 1. The second-order valence-corrected chi connectivity index (χ2v) is 6.70. The van der Waals surface area contributed by atoms with Crippen molar-refractivity contribution in [1.82, 2.24) is 0 Å². The molecule has 8 nitrogen and oxygen atoms in total. The Morgan fingerprint density at radius 1 is 1.31 bits per heavy atom. The predicted molar refractivity (Wildman–Crippen MR) is 93.7 cm³/mol. The van der Waals surface area contributed by atoms with E-state index in [0.717, 1.165) is 5.69 Å². The van der Waals surface area contributed by atoms with Crippen molar-refractivity contribution in [1.29, 1.82) is 0 Å². The summed E-state index contributed by atoms with van der Waals surface area (Å²) in [5.41, 5.74) is -1.09. The molecule has 1 aliphatic heterocycles. The summed E-state index contributed by atoms with van der Waals surface area (Å²) in [6.07, 6.45) is -3.01. The van der Waals surface area contributed by atoms with Crippen LogP contribution in [0.1, 0.15) is 25.7 Å².